The highest BCUT2D eigenvalue weighted by Crippen LogP contribution is 2.10. The van der Waals surface area contributed by atoms with E-state index < -0.39 is 6.04 Å². The third-order valence-corrected chi connectivity index (χ3v) is 3.67. The predicted octanol–water partition coefficient (Wildman–Crippen LogP) is 2.93. The van der Waals surface area contributed by atoms with Crippen LogP contribution < -0.4 is 10.6 Å². The highest BCUT2D eigenvalue weighted by molar-refractivity contribution is 5.96. The molecular formula is C20H28N4O2. The number of hydrogen-bond donors (Lipinski definition) is 2. The molecule has 2 amide bonds. The normalized spacial score (nSPS) is 12.7. The lowest BCUT2D eigenvalue weighted by Gasteiger charge is -2.26. The average Bonchev–Trinajstić information content (AvgIpc) is 3.03. The van der Waals surface area contributed by atoms with E-state index in [4.69, 9.17) is 0 Å². The Labute approximate surface area is 155 Å². The molecule has 0 aliphatic heterocycles. The maximum Gasteiger partial charge on any atom is 0.272 e. The van der Waals surface area contributed by atoms with Crippen molar-refractivity contribution in [1.82, 2.24) is 20.4 Å². The van der Waals surface area contributed by atoms with Gasteiger partial charge in [-0.25, -0.2) is 4.68 Å². The molecule has 1 unspecified atom stereocenters. The van der Waals surface area contributed by atoms with Crippen LogP contribution in [0, 0.1) is 5.92 Å². The predicted molar refractivity (Wildman–Crippen MR) is 102 cm³/mol. The minimum absolute atomic E-state index is 0.179. The molecule has 0 bridgehead atoms. The van der Waals surface area contributed by atoms with Crippen LogP contribution in [0.15, 0.2) is 42.6 Å². The Hall–Kier alpha value is -2.63. The molecule has 6 nitrogen and oxygen atoms in total. The van der Waals surface area contributed by atoms with Crippen molar-refractivity contribution in [2.75, 3.05) is 0 Å². The molecule has 0 spiro atoms. The molecule has 2 rings (SSSR count). The number of amides is 2. The minimum atomic E-state index is -0.594. The van der Waals surface area contributed by atoms with Gasteiger partial charge in [0.15, 0.2) is 5.69 Å². The highest BCUT2D eigenvalue weighted by Gasteiger charge is 2.26. The first-order valence-electron chi connectivity index (χ1n) is 8.89. The number of nitrogens with one attached hydrogen (secondary N) is 2. The van der Waals surface area contributed by atoms with Crippen molar-refractivity contribution in [2.24, 2.45) is 5.92 Å². The second kappa shape index (κ2) is 8.17. The van der Waals surface area contributed by atoms with Gasteiger partial charge in [-0.1, -0.05) is 32.0 Å². The number of hydrogen-bond acceptors (Lipinski definition) is 3. The Morgan fingerprint density at radius 3 is 2.35 bits per heavy atom. The molecule has 2 N–H and O–H groups in total. The highest BCUT2D eigenvalue weighted by atomic mass is 16.2. The number of benzene rings is 1. The third-order valence-electron chi connectivity index (χ3n) is 3.67. The van der Waals surface area contributed by atoms with E-state index in [1.54, 1.807) is 16.9 Å². The van der Waals surface area contributed by atoms with E-state index in [2.05, 4.69) is 15.7 Å². The van der Waals surface area contributed by atoms with Crippen LogP contribution in [0.2, 0.25) is 0 Å². The molecule has 0 fully saturated rings. The first-order valence-corrected chi connectivity index (χ1v) is 8.89. The van der Waals surface area contributed by atoms with Crippen molar-refractivity contribution in [3.05, 3.63) is 48.3 Å². The lowest BCUT2D eigenvalue weighted by atomic mass is 10.0. The summed E-state index contributed by atoms with van der Waals surface area (Å²) >= 11 is 0. The molecule has 0 radical (unpaired) electrons. The largest absolute Gasteiger partial charge is 0.350 e. The third kappa shape index (κ3) is 5.72. The summed E-state index contributed by atoms with van der Waals surface area (Å²) in [4.78, 5) is 25.1. The fourth-order valence-corrected chi connectivity index (χ4v) is 2.56. The van der Waals surface area contributed by atoms with Crippen LogP contribution in [0.5, 0.6) is 0 Å². The number of aromatic nitrogens is 2. The molecule has 0 aliphatic rings. The molecule has 0 saturated carbocycles. The van der Waals surface area contributed by atoms with E-state index in [1.807, 2.05) is 65.0 Å². The first kappa shape index (κ1) is 19.7. The van der Waals surface area contributed by atoms with E-state index in [-0.39, 0.29) is 29.0 Å². The molecule has 6 heteroatoms. The summed E-state index contributed by atoms with van der Waals surface area (Å²) in [6.07, 6.45) is 2.30. The van der Waals surface area contributed by atoms with Gasteiger partial charge < -0.3 is 10.6 Å². The summed E-state index contributed by atoms with van der Waals surface area (Å²) in [5.41, 5.74) is 0.799. The molecule has 140 valence electrons. The van der Waals surface area contributed by atoms with E-state index in [9.17, 15) is 9.59 Å². The lowest BCUT2D eigenvalue weighted by molar-refractivity contribution is -0.124. The SMILES string of the molecule is CC(C)CC(NC(=O)c1ccn(-c2ccccc2)n1)C(=O)NC(C)(C)C. The van der Waals surface area contributed by atoms with Gasteiger partial charge in [0.1, 0.15) is 6.04 Å². The minimum Gasteiger partial charge on any atom is -0.350 e. The number of carbonyl (C=O) groups excluding carboxylic acids is 2. The zero-order valence-corrected chi connectivity index (χ0v) is 16.1. The number of carbonyl (C=O) groups is 2. The van der Waals surface area contributed by atoms with Gasteiger partial charge in [0.05, 0.1) is 5.69 Å². The zero-order chi connectivity index (χ0) is 19.3. The second-order valence-corrected chi connectivity index (χ2v) is 7.88. The number of para-hydroxylation sites is 1. The molecule has 2 aromatic rings. The maximum atomic E-state index is 12.6. The first-order chi connectivity index (χ1) is 12.2. The Morgan fingerprint density at radius 1 is 1.12 bits per heavy atom. The van der Waals surface area contributed by atoms with Gasteiger partial charge in [-0.3, -0.25) is 9.59 Å². The maximum absolute atomic E-state index is 12.6. The summed E-state index contributed by atoms with van der Waals surface area (Å²) in [5, 5.41) is 10.1. The summed E-state index contributed by atoms with van der Waals surface area (Å²) < 4.78 is 1.64. The van der Waals surface area contributed by atoms with Crippen molar-refractivity contribution in [1.29, 1.82) is 0 Å². The van der Waals surface area contributed by atoms with E-state index in [0.29, 0.717) is 6.42 Å². The number of rotatable bonds is 6. The van der Waals surface area contributed by atoms with E-state index >= 15 is 0 Å². The topological polar surface area (TPSA) is 76.0 Å². The molecule has 1 aromatic heterocycles. The van der Waals surface area contributed by atoms with Crippen LogP contribution in [0.3, 0.4) is 0 Å². The molecule has 1 atom stereocenters. The van der Waals surface area contributed by atoms with E-state index in [1.165, 1.54) is 0 Å². The molecule has 0 saturated heterocycles. The Kier molecular flexibility index (Phi) is 6.18. The van der Waals surface area contributed by atoms with Crippen molar-refractivity contribution < 1.29 is 9.59 Å². The fraction of sp³-hybridized carbons (Fsp3) is 0.450. The summed E-state index contributed by atoms with van der Waals surface area (Å²) in [7, 11) is 0. The van der Waals surface area contributed by atoms with E-state index in [0.717, 1.165) is 5.69 Å². The Bertz CT molecular complexity index is 745. The summed E-state index contributed by atoms with van der Waals surface area (Å²) in [6.45, 7) is 9.79. The van der Waals surface area contributed by atoms with Gasteiger partial charge >= 0.3 is 0 Å². The molecule has 0 aliphatic carbocycles. The van der Waals surface area contributed by atoms with Crippen LogP contribution in [0.25, 0.3) is 5.69 Å². The van der Waals surface area contributed by atoms with Gasteiger partial charge in [0.2, 0.25) is 5.91 Å². The van der Waals surface area contributed by atoms with Gasteiger partial charge in [0.25, 0.3) is 5.91 Å². The van der Waals surface area contributed by atoms with Crippen LogP contribution in [0.1, 0.15) is 51.5 Å². The lowest BCUT2D eigenvalue weighted by Crippen LogP contribution is -2.52. The smallest absolute Gasteiger partial charge is 0.272 e. The van der Waals surface area contributed by atoms with Gasteiger partial charge in [0, 0.05) is 11.7 Å². The molecular weight excluding hydrogens is 328 g/mol. The van der Waals surface area contributed by atoms with Crippen LogP contribution in [-0.2, 0) is 4.79 Å². The van der Waals surface area contributed by atoms with Crippen LogP contribution >= 0.6 is 0 Å². The van der Waals surface area contributed by atoms with Crippen molar-refractivity contribution in [3.63, 3.8) is 0 Å². The van der Waals surface area contributed by atoms with Gasteiger partial charge in [-0.2, -0.15) is 5.10 Å². The zero-order valence-electron chi connectivity index (χ0n) is 16.1. The van der Waals surface area contributed by atoms with Crippen LogP contribution in [0.4, 0.5) is 0 Å². The van der Waals surface area contributed by atoms with Crippen molar-refractivity contribution >= 4 is 11.8 Å². The van der Waals surface area contributed by atoms with Crippen molar-refractivity contribution in [2.45, 2.75) is 52.6 Å². The Morgan fingerprint density at radius 2 is 1.77 bits per heavy atom. The van der Waals surface area contributed by atoms with Crippen LogP contribution in [-0.4, -0.2) is 33.2 Å². The molecule has 26 heavy (non-hydrogen) atoms. The number of nitrogens with zero attached hydrogens (tertiary/aromatic N) is 2. The molecule has 1 heterocycles. The summed E-state index contributed by atoms with van der Waals surface area (Å²) in [5.74, 6) is -0.260. The molecule has 1 aromatic carbocycles. The van der Waals surface area contributed by atoms with Gasteiger partial charge in [-0.05, 0) is 51.3 Å². The Balaban J connectivity index is 2.11. The standard InChI is InChI=1S/C20H28N4O2/c1-14(2)13-17(19(26)22-20(3,4)5)21-18(25)16-11-12-24(23-16)15-9-7-6-8-10-15/h6-12,14,17H,13H2,1-5H3,(H,21,25)(H,22,26). The quantitative estimate of drug-likeness (QED) is 0.835. The second-order valence-electron chi connectivity index (χ2n) is 7.88. The average molecular weight is 356 g/mol. The fourth-order valence-electron chi connectivity index (χ4n) is 2.56. The summed E-state index contributed by atoms with van der Waals surface area (Å²) in [6, 6.07) is 10.6. The monoisotopic (exact) mass is 356 g/mol. The van der Waals surface area contributed by atoms with Crippen molar-refractivity contribution in [3.8, 4) is 5.69 Å². The van der Waals surface area contributed by atoms with Gasteiger partial charge in [-0.15, -0.1) is 0 Å².